The normalized spacial score (nSPS) is 15.4. The Balaban J connectivity index is 2.21. The van der Waals surface area contributed by atoms with Crippen LogP contribution < -0.4 is 0 Å². The molecule has 1 heterocycles. The third-order valence-electron chi connectivity index (χ3n) is 1.96. The monoisotopic (exact) mass is 256 g/mol. The first-order valence-corrected chi connectivity index (χ1v) is 6.88. The van der Waals surface area contributed by atoms with Crippen LogP contribution in [0.2, 0.25) is 5.02 Å². The molecule has 1 aliphatic rings. The zero-order valence-corrected chi connectivity index (χ0v) is 10.3. The van der Waals surface area contributed by atoms with Gasteiger partial charge >= 0.3 is 0 Å². The molecule has 0 unspecified atom stereocenters. The van der Waals surface area contributed by atoms with Gasteiger partial charge in [-0.25, -0.2) is 0 Å². The molecule has 1 aromatic rings. The maximum Gasteiger partial charge on any atom is 0.188 e. The lowest BCUT2D eigenvalue weighted by Crippen LogP contribution is -1.95. The van der Waals surface area contributed by atoms with Gasteiger partial charge in [0.1, 0.15) is 0 Å². The molecule has 78 valence electrons. The first-order valence-electron chi connectivity index (χ1n) is 4.53. The topological polar surface area (TPSA) is 17.1 Å². The Kier molecular flexibility index (Phi) is 3.78. The number of halogens is 1. The first-order chi connectivity index (χ1) is 7.27. The van der Waals surface area contributed by atoms with E-state index in [0.29, 0.717) is 10.6 Å². The molecule has 1 nitrogen and oxygen atoms in total. The van der Waals surface area contributed by atoms with Crippen LogP contribution in [0.1, 0.15) is 10.4 Å². The molecule has 0 N–H and O–H groups in total. The Bertz CT molecular complexity index is 407. The van der Waals surface area contributed by atoms with Gasteiger partial charge in [0, 0.05) is 27.4 Å². The van der Waals surface area contributed by atoms with Crippen molar-refractivity contribution in [3.8, 4) is 0 Å². The molecule has 0 aromatic heterocycles. The molecule has 1 fully saturated rings. The van der Waals surface area contributed by atoms with Crippen molar-refractivity contribution in [2.24, 2.45) is 0 Å². The van der Waals surface area contributed by atoms with Gasteiger partial charge in [0.2, 0.25) is 0 Å². The molecular formula is C11H9ClOS2. The number of carbonyl (C=O) groups is 1. The fourth-order valence-corrected chi connectivity index (χ4v) is 3.77. The lowest BCUT2D eigenvalue weighted by atomic mass is 10.1. The average Bonchev–Trinajstić information content (AvgIpc) is 2.71. The maximum atomic E-state index is 11.8. The molecule has 0 spiro atoms. The van der Waals surface area contributed by atoms with Gasteiger partial charge in [0.25, 0.3) is 0 Å². The van der Waals surface area contributed by atoms with Crippen LogP contribution in [0, 0.1) is 0 Å². The highest BCUT2D eigenvalue weighted by atomic mass is 35.5. The summed E-state index contributed by atoms with van der Waals surface area (Å²) in [6.45, 7) is 0. The summed E-state index contributed by atoms with van der Waals surface area (Å²) in [5.41, 5.74) is 0.583. The summed E-state index contributed by atoms with van der Waals surface area (Å²) in [6.07, 6.45) is 1.68. The second kappa shape index (κ2) is 5.10. The van der Waals surface area contributed by atoms with Crippen molar-refractivity contribution < 1.29 is 4.79 Å². The Labute approximate surface area is 102 Å². The number of thioether (sulfide) groups is 2. The smallest absolute Gasteiger partial charge is 0.188 e. The number of rotatable bonds is 2. The highest BCUT2D eigenvalue weighted by Crippen LogP contribution is 2.36. The second-order valence-electron chi connectivity index (χ2n) is 3.00. The molecule has 1 saturated heterocycles. The molecule has 0 bridgehead atoms. The number of carbonyl (C=O) groups excluding carboxylic acids is 1. The van der Waals surface area contributed by atoms with E-state index in [1.165, 1.54) is 0 Å². The summed E-state index contributed by atoms with van der Waals surface area (Å²) < 4.78 is 1.10. The fraction of sp³-hybridized carbons (Fsp3) is 0.182. The molecule has 4 heteroatoms. The van der Waals surface area contributed by atoms with E-state index in [1.807, 2.05) is 12.1 Å². The Morgan fingerprint density at radius 3 is 2.60 bits per heavy atom. The third kappa shape index (κ3) is 2.80. The van der Waals surface area contributed by atoms with Crippen LogP contribution in [0.4, 0.5) is 0 Å². The highest BCUT2D eigenvalue weighted by molar-refractivity contribution is 8.25. The molecule has 0 aliphatic carbocycles. The van der Waals surface area contributed by atoms with Gasteiger partial charge in [-0.3, -0.25) is 4.79 Å². The average molecular weight is 257 g/mol. The second-order valence-corrected chi connectivity index (χ2v) is 5.94. The minimum atomic E-state index is -0.00231. The zero-order chi connectivity index (χ0) is 10.7. The molecule has 0 radical (unpaired) electrons. The van der Waals surface area contributed by atoms with Gasteiger partial charge in [-0.15, -0.1) is 23.5 Å². The van der Waals surface area contributed by atoms with Crippen LogP contribution in [-0.2, 0) is 0 Å². The van der Waals surface area contributed by atoms with Crippen LogP contribution in [0.5, 0.6) is 0 Å². The standard InChI is InChI=1S/C11H9ClOS2/c12-9-4-2-1-3-8(9)10(13)7-11-14-5-6-15-11/h1-4,7H,5-6H2. The molecule has 1 aliphatic heterocycles. The minimum Gasteiger partial charge on any atom is -0.289 e. The van der Waals surface area contributed by atoms with E-state index in [2.05, 4.69) is 0 Å². The van der Waals surface area contributed by atoms with Crippen LogP contribution >= 0.6 is 35.1 Å². The lowest BCUT2D eigenvalue weighted by molar-refractivity contribution is 0.104. The fourth-order valence-electron chi connectivity index (χ4n) is 1.26. The van der Waals surface area contributed by atoms with Crippen molar-refractivity contribution in [1.29, 1.82) is 0 Å². The molecule has 0 saturated carbocycles. The summed E-state index contributed by atoms with van der Waals surface area (Å²) in [7, 11) is 0. The molecule has 15 heavy (non-hydrogen) atoms. The van der Waals surface area contributed by atoms with Crippen molar-refractivity contribution in [2.45, 2.75) is 0 Å². The summed E-state index contributed by atoms with van der Waals surface area (Å²) in [4.78, 5) is 11.8. The van der Waals surface area contributed by atoms with Gasteiger partial charge in [-0.2, -0.15) is 0 Å². The minimum absolute atomic E-state index is 0.00231. The molecule has 2 rings (SSSR count). The van der Waals surface area contributed by atoms with E-state index in [4.69, 9.17) is 11.6 Å². The van der Waals surface area contributed by atoms with Crippen LogP contribution in [0.15, 0.2) is 34.6 Å². The molecule has 0 amide bonds. The van der Waals surface area contributed by atoms with Gasteiger partial charge in [0.05, 0.1) is 5.02 Å². The summed E-state index contributed by atoms with van der Waals surface area (Å²) >= 11 is 9.40. The number of ketones is 1. The molecule has 0 atom stereocenters. The first kappa shape index (κ1) is 11.1. The van der Waals surface area contributed by atoms with Crippen LogP contribution in [-0.4, -0.2) is 17.3 Å². The van der Waals surface area contributed by atoms with Gasteiger partial charge in [-0.05, 0) is 12.1 Å². The van der Waals surface area contributed by atoms with Crippen molar-refractivity contribution >= 4 is 40.9 Å². The predicted molar refractivity (Wildman–Crippen MR) is 68.8 cm³/mol. The Morgan fingerprint density at radius 1 is 1.27 bits per heavy atom. The number of benzene rings is 1. The quantitative estimate of drug-likeness (QED) is 0.591. The lowest BCUT2D eigenvalue weighted by Gasteiger charge is -1.99. The number of hydrogen-bond donors (Lipinski definition) is 0. The van der Waals surface area contributed by atoms with Crippen molar-refractivity contribution in [3.05, 3.63) is 45.2 Å². The summed E-state index contributed by atoms with van der Waals surface area (Å²) in [5.74, 6) is 2.18. The largest absolute Gasteiger partial charge is 0.289 e. The van der Waals surface area contributed by atoms with E-state index >= 15 is 0 Å². The van der Waals surface area contributed by atoms with Crippen molar-refractivity contribution in [1.82, 2.24) is 0 Å². The summed E-state index contributed by atoms with van der Waals surface area (Å²) in [5, 5.41) is 0.521. The zero-order valence-electron chi connectivity index (χ0n) is 7.90. The van der Waals surface area contributed by atoms with E-state index in [1.54, 1.807) is 41.7 Å². The Hall–Kier alpha value is -0.380. The van der Waals surface area contributed by atoms with Crippen LogP contribution in [0.25, 0.3) is 0 Å². The van der Waals surface area contributed by atoms with E-state index < -0.39 is 0 Å². The van der Waals surface area contributed by atoms with E-state index in [-0.39, 0.29) is 5.78 Å². The van der Waals surface area contributed by atoms with Crippen molar-refractivity contribution in [2.75, 3.05) is 11.5 Å². The Morgan fingerprint density at radius 2 is 1.93 bits per heavy atom. The van der Waals surface area contributed by atoms with Gasteiger partial charge in [-0.1, -0.05) is 23.7 Å². The van der Waals surface area contributed by atoms with E-state index in [0.717, 1.165) is 15.7 Å². The van der Waals surface area contributed by atoms with Crippen LogP contribution in [0.3, 0.4) is 0 Å². The van der Waals surface area contributed by atoms with Gasteiger partial charge < -0.3 is 0 Å². The third-order valence-corrected chi connectivity index (χ3v) is 4.88. The molecular weight excluding hydrogens is 248 g/mol. The number of hydrogen-bond acceptors (Lipinski definition) is 3. The summed E-state index contributed by atoms with van der Waals surface area (Å²) in [6, 6.07) is 7.14. The van der Waals surface area contributed by atoms with E-state index in [9.17, 15) is 4.79 Å². The molecule has 1 aromatic carbocycles. The highest BCUT2D eigenvalue weighted by Gasteiger charge is 2.12. The maximum absolute atomic E-state index is 11.8. The van der Waals surface area contributed by atoms with Gasteiger partial charge in [0.15, 0.2) is 5.78 Å². The SMILES string of the molecule is O=C(C=C1SCCS1)c1ccccc1Cl. The van der Waals surface area contributed by atoms with Crippen molar-refractivity contribution in [3.63, 3.8) is 0 Å². The predicted octanol–water partition coefficient (Wildman–Crippen LogP) is 3.84. The number of allylic oxidation sites excluding steroid dienone is 1.